The first-order valence-electron chi connectivity index (χ1n) is 9.56. The number of hydrogen-bond acceptors (Lipinski definition) is 6. The SMILES string of the molecule is CCN(C)c1ccc(N(CC)Sc2ccc(N)cc2)cc1N=CC(C)(C)OC. The van der Waals surface area contributed by atoms with E-state index in [0.717, 1.165) is 40.7 Å². The second-order valence-electron chi connectivity index (χ2n) is 7.11. The Balaban J connectivity index is 2.37. The van der Waals surface area contributed by atoms with Crippen LogP contribution < -0.4 is 14.9 Å². The molecule has 0 spiro atoms. The number of nitrogens with two attached hydrogens (primary N) is 1. The van der Waals surface area contributed by atoms with Gasteiger partial charge in [-0.15, -0.1) is 0 Å². The molecule has 0 bridgehead atoms. The van der Waals surface area contributed by atoms with E-state index in [2.05, 4.69) is 48.3 Å². The van der Waals surface area contributed by atoms with E-state index in [1.807, 2.05) is 44.3 Å². The molecule has 2 rings (SSSR count). The lowest BCUT2D eigenvalue weighted by atomic mass is 10.1. The van der Waals surface area contributed by atoms with Gasteiger partial charge in [0, 0.05) is 49.7 Å². The van der Waals surface area contributed by atoms with Gasteiger partial charge in [0.25, 0.3) is 0 Å². The fourth-order valence-corrected chi connectivity index (χ4v) is 3.36. The molecule has 0 aliphatic heterocycles. The monoisotopic (exact) mass is 400 g/mol. The van der Waals surface area contributed by atoms with Crippen LogP contribution in [-0.2, 0) is 4.74 Å². The number of anilines is 3. The molecule has 5 nitrogen and oxygen atoms in total. The number of ether oxygens (including phenoxy) is 1. The lowest BCUT2D eigenvalue weighted by Crippen LogP contribution is -2.24. The molecule has 2 N–H and O–H groups in total. The summed E-state index contributed by atoms with van der Waals surface area (Å²) >= 11 is 1.69. The fourth-order valence-electron chi connectivity index (χ4n) is 2.50. The second-order valence-corrected chi connectivity index (χ2v) is 8.20. The third-order valence-corrected chi connectivity index (χ3v) is 5.73. The summed E-state index contributed by atoms with van der Waals surface area (Å²) < 4.78 is 7.74. The average molecular weight is 401 g/mol. The Labute approximate surface area is 173 Å². The predicted molar refractivity (Wildman–Crippen MR) is 124 cm³/mol. The molecule has 0 saturated heterocycles. The van der Waals surface area contributed by atoms with Gasteiger partial charge in [-0.05, 0) is 82.1 Å². The van der Waals surface area contributed by atoms with Gasteiger partial charge in [-0.1, -0.05) is 0 Å². The van der Waals surface area contributed by atoms with E-state index < -0.39 is 5.60 Å². The van der Waals surface area contributed by atoms with Crippen LogP contribution >= 0.6 is 11.9 Å². The van der Waals surface area contributed by atoms with Crippen LogP contribution in [0.5, 0.6) is 0 Å². The molecule has 0 saturated carbocycles. The van der Waals surface area contributed by atoms with E-state index in [0.29, 0.717) is 0 Å². The number of benzene rings is 2. The summed E-state index contributed by atoms with van der Waals surface area (Å²) in [5.74, 6) is 0. The first-order valence-corrected chi connectivity index (χ1v) is 10.3. The summed E-state index contributed by atoms with van der Waals surface area (Å²) in [6.07, 6.45) is 1.86. The first kappa shape index (κ1) is 22.1. The molecule has 2 aromatic rings. The van der Waals surface area contributed by atoms with E-state index in [1.165, 1.54) is 0 Å². The minimum Gasteiger partial charge on any atom is -0.399 e. The molecule has 0 aliphatic carbocycles. The number of aliphatic imine (C=N–C) groups is 1. The number of rotatable bonds is 9. The van der Waals surface area contributed by atoms with Crippen molar-refractivity contribution in [3.8, 4) is 0 Å². The van der Waals surface area contributed by atoms with Crippen molar-refractivity contribution in [2.75, 3.05) is 42.2 Å². The number of hydrogen-bond donors (Lipinski definition) is 1. The van der Waals surface area contributed by atoms with Crippen molar-refractivity contribution in [3.05, 3.63) is 42.5 Å². The molecule has 0 radical (unpaired) electrons. The Hall–Kier alpha value is -2.18. The molecule has 0 fully saturated rings. The molecule has 0 amide bonds. The highest BCUT2D eigenvalue weighted by atomic mass is 32.2. The van der Waals surface area contributed by atoms with E-state index in [4.69, 9.17) is 15.5 Å². The Bertz CT molecular complexity index is 790. The first-order chi connectivity index (χ1) is 13.3. The third-order valence-electron chi connectivity index (χ3n) is 4.56. The zero-order valence-corrected chi connectivity index (χ0v) is 18.6. The van der Waals surface area contributed by atoms with Crippen LogP contribution in [0.2, 0.25) is 0 Å². The van der Waals surface area contributed by atoms with Crippen molar-refractivity contribution in [1.82, 2.24) is 0 Å². The van der Waals surface area contributed by atoms with Crippen molar-refractivity contribution < 1.29 is 4.74 Å². The topological polar surface area (TPSA) is 54.1 Å². The van der Waals surface area contributed by atoms with Crippen LogP contribution in [0.15, 0.2) is 52.4 Å². The van der Waals surface area contributed by atoms with Crippen molar-refractivity contribution >= 4 is 40.9 Å². The Kier molecular flexibility index (Phi) is 7.78. The van der Waals surface area contributed by atoms with Gasteiger partial charge < -0.3 is 19.7 Å². The molecule has 6 heteroatoms. The van der Waals surface area contributed by atoms with Crippen molar-refractivity contribution in [3.63, 3.8) is 0 Å². The molecular formula is C22H32N4OS. The van der Waals surface area contributed by atoms with Crippen LogP contribution in [-0.4, -0.2) is 39.1 Å². The van der Waals surface area contributed by atoms with Crippen LogP contribution in [0.4, 0.5) is 22.7 Å². The Morgan fingerprint density at radius 3 is 2.36 bits per heavy atom. The highest BCUT2D eigenvalue weighted by Gasteiger charge is 2.15. The van der Waals surface area contributed by atoms with Gasteiger partial charge in [0.1, 0.15) is 0 Å². The fraction of sp³-hybridized carbons (Fsp3) is 0.409. The highest BCUT2D eigenvalue weighted by Crippen LogP contribution is 2.36. The largest absolute Gasteiger partial charge is 0.399 e. The van der Waals surface area contributed by atoms with Gasteiger partial charge in [0.2, 0.25) is 0 Å². The van der Waals surface area contributed by atoms with Gasteiger partial charge in [-0.2, -0.15) is 0 Å². The lowest BCUT2D eigenvalue weighted by Gasteiger charge is -2.25. The van der Waals surface area contributed by atoms with Gasteiger partial charge in [0.15, 0.2) is 0 Å². The van der Waals surface area contributed by atoms with E-state index >= 15 is 0 Å². The highest BCUT2D eigenvalue weighted by molar-refractivity contribution is 8.00. The maximum atomic E-state index is 5.81. The average Bonchev–Trinajstić information content (AvgIpc) is 2.71. The van der Waals surface area contributed by atoms with E-state index in [9.17, 15) is 0 Å². The van der Waals surface area contributed by atoms with Gasteiger partial charge in [-0.3, -0.25) is 4.99 Å². The minimum absolute atomic E-state index is 0.415. The predicted octanol–water partition coefficient (Wildman–Crippen LogP) is 5.39. The van der Waals surface area contributed by atoms with Crippen molar-refractivity contribution in [2.24, 2.45) is 4.99 Å². The van der Waals surface area contributed by atoms with Crippen molar-refractivity contribution in [1.29, 1.82) is 0 Å². The zero-order chi connectivity index (χ0) is 20.7. The molecule has 28 heavy (non-hydrogen) atoms. The Morgan fingerprint density at radius 2 is 1.79 bits per heavy atom. The summed E-state index contributed by atoms with van der Waals surface area (Å²) in [4.78, 5) is 8.11. The quantitative estimate of drug-likeness (QED) is 0.348. The lowest BCUT2D eigenvalue weighted by molar-refractivity contribution is 0.0872. The molecule has 0 atom stereocenters. The summed E-state index contributed by atoms with van der Waals surface area (Å²) in [6.45, 7) is 10.1. The van der Waals surface area contributed by atoms with Crippen LogP contribution in [0.1, 0.15) is 27.7 Å². The molecule has 0 heterocycles. The molecule has 2 aromatic carbocycles. The third kappa shape index (κ3) is 5.91. The van der Waals surface area contributed by atoms with Crippen LogP contribution in [0.25, 0.3) is 0 Å². The maximum absolute atomic E-state index is 5.81. The summed E-state index contributed by atoms with van der Waals surface area (Å²) in [5, 5.41) is 0. The number of nitrogens with zero attached hydrogens (tertiary/aromatic N) is 3. The van der Waals surface area contributed by atoms with Gasteiger partial charge in [-0.25, -0.2) is 0 Å². The summed E-state index contributed by atoms with van der Waals surface area (Å²) in [7, 11) is 3.78. The summed E-state index contributed by atoms with van der Waals surface area (Å²) in [6, 6.07) is 14.4. The normalized spacial score (nSPS) is 11.8. The molecule has 0 aromatic heterocycles. The zero-order valence-electron chi connectivity index (χ0n) is 17.8. The van der Waals surface area contributed by atoms with E-state index in [1.54, 1.807) is 19.1 Å². The second kappa shape index (κ2) is 9.85. The van der Waals surface area contributed by atoms with Gasteiger partial charge >= 0.3 is 0 Å². The van der Waals surface area contributed by atoms with Crippen LogP contribution in [0.3, 0.4) is 0 Å². The number of methoxy groups -OCH3 is 1. The van der Waals surface area contributed by atoms with Crippen molar-refractivity contribution in [2.45, 2.75) is 38.2 Å². The molecular weight excluding hydrogens is 368 g/mol. The standard InChI is InChI=1S/C22H32N4OS/c1-7-25(5)21-14-11-18(15-20(21)24-16-22(3,4)27-6)26(8-2)28-19-12-9-17(23)10-13-19/h9-16H,7-8,23H2,1-6H3. The van der Waals surface area contributed by atoms with Crippen LogP contribution in [0, 0.1) is 0 Å². The van der Waals surface area contributed by atoms with E-state index in [-0.39, 0.29) is 0 Å². The van der Waals surface area contributed by atoms with Gasteiger partial charge in [0.05, 0.1) is 17.0 Å². The maximum Gasteiger partial charge on any atom is 0.0972 e. The summed E-state index contributed by atoms with van der Waals surface area (Å²) in [5.41, 5.74) is 9.31. The smallest absolute Gasteiger partial charge is 0.0972 e. The number of nitrogen functional groups attached to an aromatic ring is 1. The molecule has 152 valence electrons. The molecule has 0 unspecified atom stereocenters. The Morgan fingerprint density at radius 1 is 1.11 bits per heavy atom. The minimum atomic E-state index is -0.415. The molecule has 0 aliphatic rings.